The molecule has 0 aliphatic heterocycles. The second-order valence-electron chi connectivity index (χ2n) is 8.76. The normalized spacial score (nSPS) is 13.1. The molecule has 0 amide bonds. The molecule has 0 aliphatic carbocycles. The van der Waals surface area contributed by atoms with E-state index in [9.17, 15) is 0 Å². The Labute approximate surface area is 193 Å². The van der Waals surface area contributed by atoms with Crippen molar-refractivity contribution >= 4 is 28.5 Å². The van der Waals surface area contributed by atoms with Crippen LogP contribution in [0.25, 0.3) is 27.8 Å². The lowest BCUT2D eigenvalue weighted by molar-refractivity contribution is 0.408. The Morgan fingerprint density at radius 1 is 1.09 bits per heavy atom. The van der Waals surface area contributed by atoms with Crippen molar-refractivity contribution in [2.24, 2.45) is 11.7 Å². The molecule has 0 bridgehead atoms. The Morgan fingerprint density at radius 3 is 2.39 bits per heavy atom. The number of amidine groups is 1. The van der Waals surface area contributed by atoms with Crippen molar-refractivity contribution < 1.29 is 4.74 Å². The summed E-state index contributed by atoms with van der Waals surface area (Å²) >= 11 is 0. The molecular formula is C27H29N5O. The molecule has 0 fully saturated rings. The molecule has 0 saturated carbocycles. The summed E-state index contributed by atoms with van der Waals surface area (Å²) in [6.45, 7) is 10.6. The predicted octanol–water partition coefficient (Wildman–Crippen LogP) is 5.65. The van der Waals surface area contributed by atoms with Gasteiger partial charge in [0.05, 0.1) is 0 Å². The number of hydrogen-bond donors (Lipinski definition) is 4. The van der Waals surface area contributed by atoms with Crippen LogP contribution in [-0.4, -0.2) is 16.0 Å². The van der Waals surface area contributed by atoms with Crippen molar-refractivity contribution in [1.82, 2.24) is 9.97 Å². The zero-order valence-electron chi connectivity index (χ0n) is 19.1. The fourth-order valence-electron chi connectivity index (χ4n) is 4.31. The van der Waals surface area contributed by atoms with Crippen molar-refractivity contribution in [2.45, 2.75) is 26.2 Å². The number of nitrogen functional groups attached to an aromatic ring is 1. The molecule has 33 heavy (non-hydrogen) atoms. The third-order valence-electron chi connectivity index (χ3n) is 6.56. The number of rotatable bonds is 6. The van der Waals surface area contributed by atoms with E-state index in [2.05, 4.69) is 73.8 Å². The SMILES string of the molecule is C=C(OC(=N)N)c1ccc2c(C(C)(c3ccc(-c4ccc(N)nc4)cc3)C(C)C)c[nH]c2c1. The molecule has 168 valence electrons. The maximum absolute atomic E-state index is 7.32. The molecule has 4 rings (SSSR count). The lowest BCUT2D eigenvalue weighted by Crippen LogP contribution is -2.29. The monoisotopic (exact) mass is 439 g/mol. The zero-order valence-corrected chi connectivity index (χ0v) is 19.1. The quantitative estimate of drug-likeness (QED) is 0.176. The van der Waals surface area contributed by atoms with Crippen molar-refractivity contribution in [1.29, 1.82) is 5.41 Å². The summed E-state index contributed by atoms with van der Waals surface area (Å²) in [6, 6.07) is 18.1. The van der Waals surface area contributed by atoms with Crippen LogP contribution >= 0.6 is 0 Å². The first-order valence-corrected chi connectivity index (χ1v) is 10.9. The maximum Gasteiger partial charge on any atom is 0.284 e. The highest BCUT2D eigenvalue weighted by atomic mass is 16.5. The lowest BCUT2D eigenvalue weighted by Gasteiger charge is -2.35. The van der Waals surface area contributed by atoms with E-state index in [0.717, 1.165) is 27.6 Å². The van der Waals surface area contributed by atoms with E-state index < -0.39 is 0 Å². The van der Waals surface area contributed by atoms with Gasteiger partial charge in [-0.2, -0.15) is 0 Å². The molecule has 1 unspecified atom stereocenters. The van der Waals surface area contributed by atoms with Gasteiger partial charge in [-0.25, -0.2) is 4.98 Å². The van der Waals surface area contributed by atoms with Gasteiger partial charge >= 0.3 is 0 Å². The van der Waals surface area contributed by atoms with Crippen molar-refractivity contribution in [3.05, 3.63) is 90.3 Å². The number of hydrogen-bond acceptors (Lipinski definition) is 4. The van der Waals surface area contributed by atoms with E-state index in [1.807, 2.05) is 24.3 Å². The molecule has 6 N–H and O–H groups in total. The molecule has 6 nitrogen and oxygen atoms in total. The van der Waals surface area contributed by atoms with Crippen molar-refractivity contribution in [3.8, 4) is 11.1 Å². The number of anilines is 1. The Kier molecular flexibility index (Phi) is 5.68. The van der Waals surface area contributed by atoms with Gasteiger partial charge in [-0.05, 0) is 40.8 Å². The standard InChI is InChI=1S/C27H29N5O/c1-16(2)27(4,21-9-5-18(6-10-21)20-8-12-25(28)32-14-20)23-15-31-24-13-19(7-11-22(23)24)17(3)33-26(29)30/h5-16,31H,3H2,1-2,4H3,(H2,28,32)(H3,29,30). The topological polar surface area (TPSA) is 114 Å². The third-order valence-corrected chi connectivity index (χ3v) is 6.56. The van der Waals surface area contributed by atoms with Crippen LogP contribution < -0.4 is 11.5 Å². The molecule has 2 aromatic carbocycles. The van der Waals surface area contributed by atoms with Gasteiger partial charge in [-0.1, -0.05) is 63.7 Å². The zero-order chi connectivity index (χ0) is 23.8. The minimum atomic E-state index is -0.377. The molecule has 0 saturated heterocycles. The summed E-state index contributed by atoms with van der Waals surface area (Å²) in [6.07, 6.45) is 3.88. The molecule has 2 heterocycles. The number of fused-ring (bicyclic) bond motifs is 1. The number of pyridine rings is 1. The molecule has 0 aliphatic rings. The highest BCUT2D eigenvalue weighted by molar-refractivity contribution is 5.88. The van der Waals surface area contributed by atoms with Gasteiger partial charge in [0.15, 0.2) is 0 Å². The van der Waals surface area contributed by atoms with Crippen LogP contribution in [0.2, 0.25) is 0 Å². The van der Waals surface area contributed by atoms with Crippen LogP contribution in [0.5, 0.6) is 0 Å². The fraction of sp³-hybridized carbons (Fsp3) is 0.185. The molecule has 0 spiro atoms. The fourth-order valence-corrected chi connectivity index (χ4v) is 4.31. The smallest absolute Gasteiger partial charge is 0.284 e. The van der Waals surface area contributed by atoms with Gasteiger partial charge in [-0.15, -0.1) is 0 Å². The summed E-state index contributed by atoms with van der Waals surface area (Å²) in [5.74, 6) is 1.21. The number of ether oxygens (including phenoxy) is 1. The Bertz CT molecular complexity index is 1320. The summed E-state index contributed by atoms with van der Waals surface area (Å²) in [4.78, 5) is 7.61. The number of aromatic amines is 1. The van der Waals surface area contributed by atoms with Gasteiger partial charge in [-0.3, -0.25) is 5.41 Å². The second-order valence-corrected chi connectivity index (χ2v) is 8.76. The number of nitrogens with one attached hydrogen (secondary N) is 2. The number of nitrogens with two attached hydrogens (primary N) is 2. The molecule has 1 atom stereocenters. The van der Waals surface area contributed by atoms with Gasteiger partial charge in [0.1, 0.15) is 11.6 Å². The van der Waals surface area contributed by atoms with Gasteiger partial charge in [0, 0.05) is 39.8 Å². The van der Waals surface area contributed by atoms with Crippen LogP contribution in [-0.2, 0) is 10.2 Å². The van der Waals surface area contributed by atoms with Crippen LogP contribution in [0.15, 0.2) is 73.6 Å². The van der Waals surface area contributed by atoms with E-state index in [4.69, 9.17) is 21.6 Å². The predicted molar refractivity (Wildman–Crippen MR) is 136 cm³/mol. The van der Waals surface area contributed by atoms with E-state index >= 15 is 0 Å². The van der Waals surface area contributed by atoms with Crippen LogP contribution in [0.4, 0.5) is 5.82 Å². The first-order chi connectivity index (χ1) is 15.7. The second kappa shape index (κ2) is 8.47. The number of H-pyrrole nitrogens is 1. The molecular weight excluding hydrogens is 410 g/mol. The van der Waals surface area contributed by atoms with Gasteiger partial charge in [0.25, 0.3) is 6.02 Å². The minimum Gasteiger partial charge on any atom is -0.426 e. The highest BCUT2D eigenvalue weighted by Crippen LogP contribution is 2.43. The Balaban J connectivity index is 1.73. The Morgan fingerprint density at radius 2 is 1.79 bits per heavy atom. The number of aromatic nitrogens is 2. The van der Waals surface area contributed by atoms with Crippen LogP contribution in [0.3, 0.4) is 0 Å². The number of nitrogens with zero attached hydrogens (tertiary/aromatic N) is 1. The van der Waals surface area contributed by atoms with Gasteiger partial charge in [0.2, 0.25) is 0 Å². The van der Waals surface area contributed by atoms with Crippen molar-refractivity contribution in [2.75, 3.05) is 5.73 Å². The number of benzene rings is 2. The summed E-state index contributed by atoms with van der Waals surface area (Å²) in [5, 5.41) is 8.46. The first-order valence-electron chi connectivity index (χ1n) is 10.9. The van der Waals surface area contributed by atoms with Crippen LogP contribution in [0.1, 0.15) is 37.5 Å². The highest BCUT2D eigenvalue weighted by Gasteiger charge is 2.34. The van der Waals surface area contributed by atoms with E-state index in [1.165, 1.54) is 11.1 Å². The Hall–Kier alpha value is -4.06. The van der Waals surface area contributed by atoms with Crippen molar-refractivity contribution in [3.63, 3.8) is 0 Å². The third kappa shape index (κ3) is 4.07. The average Bonchev–Trinajstić information content (AvgIpc) is 3.22. The average molecular weight is 440 g/mol. The summed E-state index contributed by atoms with van der Waals surface area (Å²) in [5.41, 5.74) is 17.2. The molecule has 6 heteroatoms. The molecule has 0 radical (unpaired) electrons. The molecule has 2 aromatic heterocycles. The van der Waals surface area contributed by atoms with E-state index in [0.29, 0.717) is 17.5 Å². The minimum absolute atomic E-state index is 0.218. The summed E-state index contributed by atoms with van der Waals surface area (Å²) < 4.78 is 5.16. The van der Waals surface area contributed by atoms with Gasteiger partial charge < -0.3 is 21.2 Å². The largest absolute Gasteiger partial charge is 0.426 e. The summed E-state index contributed by atoms with van der Waals surface area (Å²) in [7, 11) is 0. The lowest BCUT2D eigenvalue weighted by atomic mass is 9.68. The maximum atomic E-state index is 7.32. The molecule has 4 aromatic rings. The van der Waals surface area contributed by atoms with E-state index in [-0.39, 0.29) is 11.4 Å². The van der Waals surface area contributed by atoms with E-state index in [1.54, 1.807) is 6.20 Å². The van der Waals surface area contributed by atoms with Crippen LogP contribution in [0, 0.1) is 11.3 Å². The first kappa shape index (κ1) is 22.1.